The van der Waals surface area contributed by atoms with E-state index in [0.29, 0.717) is 22.6 Å². The number of rotatable bonds is 5. The summed E-state index contributed by atoms with van der Waals surface area (Å²) in [6.07, 6.45) is 2.03. The van der Waals surface area contributed by atoms with Crippen LogP contribution >= 0.6 is 11.8 Å². The second-order valence-corrected chi connectivity index (χ2v) is 8.92. The van der Waals surface area contributed by atoms with E-state index in [1.165, 1.54) is 43.2 Å². The second kappa shape index (κ2) is 6.22. The van der Waals surface area contributed by atoms with Crippen molar-refractivity contribution in [1.29, 1.82) is 0 Å². The molecular formula is C19H21F3O2S. The maximum absolute atomic E-state index is 13.0. The molecule has 4 fully saturated rings. The summed E-state index contributed by atoms with van der Waals surface area (Å²) in [5, 5.41) is 0. The predicted molar refractivity (Wildman–Crippen MR) is 89.5 cm³/mol. The van der Waals surface area contributed by atoms with Crippen molar-refractivity contribution in [2.45, 2.75) is 49.8 Å². The first kappa shape index (κ1) is 17.3. The molecule has 4 saturated carbocycles. The zero-order chi connectivity index (χ0) is 17.7. The minimum Gasteiger partial charge on any atom is -0.405 e. The number of ether oxygens (including phenoxy) is 1. The van der Waals surface area contributed by atoms with Crippen LogP contribution in [0.2, 0.25) is 0 Å². The number of ketones is 1. The van der Waals surface area contributed by atoms with Crippen LogP contribution in [0, 0.1) is 23.2 Å². The molecule has 5 rings (SSSR count). The Bertz CT molecular complexity index is 636. The zero-order valence-corrected chi connectivity index (χ0v) is 14.7. The second-order valence-electron chi connectivity index (χ2n) is 7.90. The summed E-state index contributed by atoms with van der Waals surface area (Å²) in [4.78, 5) is 13.4. The van der Waals surface area contributed by atoms with Crippen molar-refractivity contribution in [3.63, 3.8) is 0 Å². The smallest absolute Gasteiger partial charge is 0.405 e. The van der Waals surface area contributed by atoms with Gasteiger partial charge in [0.15, 0.2) is 0 Å². The molecule has 0 unspecified atom stereocenters. The molecule has 25 heavy (non-hydrogen) atoms. The van der Waals surface area contributed by atoms with Gasteiger partial charge in [-0.2, -0.15) is 0 Å². The van der Waals surface area contributed by atoms with Crippen molar-refractivity contribution in [2.24, 2.45) is 23.2 Å². The average Bonchev–Trinajstić information content (AvgIpc) is 2.51. The summed E-state index contributed by atoms with van der Waals surface area (Å²) in [5.41, 5.74) is -0.207. The Morgan fingerprint density at radius 2 is 1.64 bits per heavy atom. The van der Waals surface area contributed by atoms with Gasteiger partial charge in [0.2, 0.25) is 0 Å². The maximum Gasteiger partial charge on any atom is 0.573 e. The third-order valence-electron chi connectivity index (χ3n) is 6.06. The molecule has 0 radical (unpaired) electrons. The molecule has 4 bridgehead atoms. The molecule has 0 aliphatic heterocycles. The first-order valence-electron chi connectivity index (χ1n) is 8.84. The average molecular weight is 370 g/mol. The number of halogens is 3. The van der Waals surface area contributed by atoms with Gasteiger partial charge in [0, 0.05) is 5.41 Å². The number of Topliss-reactive ketones (excluding diaryl/α,β-unsaturated/α-hetero) is 1. The third-order valence-corrected chi connectivity index (χ3v) is 7.12. The van der Waals surface area contributed by atoms with Crippen LogP contribution in [0.4, 0.5) is 13.2 Å². The number of hydrogen-bond donors (Lipinski definition) is 0. The zero-order valence-electron chi connectivity index (χ0n) is 13.8. The molecule has 0 atom stereocenters. The number of carbonyl (C=O) groups is 1. The van der Waals surface area contributed by atoms with Crippen LogP contribution in [0.15, 0.2) is 29.2 Å². The Kier molecular flexibility index (Phi) is 4.29. The van der Waals surface area contributed by atoms with E-state index in [4.69, 9.17) is 0 Å². The van der Waals surface area contributed by atoms with Gasteiger partial charge in [-0.25, -0.2) is 0 Å². The van der Waals surface area contributed by atoms with E-state index in [1.807, 2.05) is 0 Å². The van der Waals surface area contributed by atoms with Crippen molar-refractivity contribution < 1.29 is 22.7 Å². The first-order chi connectivity index (χ1) is 11.8. The van der Waals surface area contributed by atoms with Crippen LogP contribution in [0.1, 0.15) is 38.5 Å². The monoisotopic (exact) mass is 370 g/mol. The molecule has 1 aromatic carbocycles. The number of thioether (sulfide) groups is 1. The fourth-order valence-corrected chi connectivity index (χ4v) is 6.55. The lowest BCUT2D eigenvalue weighted by Crippen LogP contribution is -2.50. The van der Waals surface area contributed by atoms with Crippen LogP contribution in [-0.4, -0.2) is 17.9 Å². The van der Waals surface area contributed by atoms with Gasteiger partial charge >= 0.3 is 6.36 Å². The molecule has 0 amide bonds. The highest BCUT2D eigenvalue weighted by Gasteiger charge is 2.54. The summed E-state index contributed by atoms with van der Waals surface area (Å²) >= 11 is 1.17. The van der Waals surface area contributed by atoms with E-state index in [0.717, 1.165) is 19.3 Å². The van der Waals surface area contributed by atoms with E-state index in [2.05, 4.69) is 4.74 Å². The summed E-state index contributed by atoms with van der Waals surface area (Å²) in [6.45, 7) is 0. The van der Waals surface area contributed by atoms with Crippen LogP contribution < -0.4 is 4.74 Å². The molecule has 1 aromatic rings. The normalized spacial score (nSPS) is 33.5. The molecule has 6 heteroatoms. The molecule has 0 heterocycles. The van der Waals surface area contributed by atoms with E-state index in [1.54, 1.807) is 12.1 Å². The summed E-state index contributed by atoms with van der Waals surface area (Å²) in [5.74, 6) is 2.27. The molecular weight excluding hydrogens is 349 g/mol. The fourth-order valence-electron chi connectivity index (χ4n) is 5.53. The number of alkyl halides is 3. The Morgan fingerprint density at radius 1 is 1.08 bits per heavy atom. The summed E-state index contributed by atoms with van der Waals surface area (Å²) in [6, 6.07) is 6.05. The Balaban J connectivity index is 1.45. The quantitative estimate of drug-likeness (QED) is 0.644. The van der Waals surface area contributed by atoms with E-state index < -0.39 is 6.36 Å². The first-order valence-corrected chi connectivity index (χ1v) is 9.82. The Morgan fingerprint density at radius 3 is 2.20 bits per heavy atom. The lowest BCUT2D eigenvalue weighted by atomic mass is 9.48. The molecule has 0 saturated heterocycles. The summed E-state index contributed by atoms with van der Waals surface area (Å²) < 4.78 is 41.7. The minimum atomic E-state index is -4.72. The van der Waals surface area contributed by atoms with Gasteiger partial charge in [0.25, 0.3) is 0 Å². The molecule has 2 nitrogen and oxygen atoms in total. The van der Waals surface area contributed by atoms with E-state index in [-0.39, 0.29) is 22.7 Å². The van der Waals surface area contributed by atoms with Crippen molar-refractivity contribution in [1.82, 2.24) is 0 Å². The Labute approximate surface area is 149 Å². The highest BCUT2D eigenvalue weighted by molar-refractivity contribution is 8.00. The molecule has 4 aliphatic rings. The van der Waals surface area contributed by atoms with Crippen LogP contribution in [0.25, 0.3) is 0 Å². The molecule has 0 spiro atoms. The SMILES string of the molecule is O=C(CSc1ccccc1OC(F)(F)F)C12CC3CC(CC(C3)C1)C2. The van der Waals surface area contributed by atoms with Gasteiger partial charge in [-0.15, -0.1) is 24.9 Å². The molecule has 4 aliphatic carbocycles. The number of para-hydroxylation sites is 1. The van der Waals surface area contributed by atoms with Crippen molar-refractivity contribution in [2.75, 3.05) is 5.75 Å². The van der Waals surface area contributed by atoms with Crippen molar-refractivity contribution >= 4 is 17.5 Å². The van der Waals surface area contributed by atoms with E-state index >= 15 is 0 Å². The van der Waals surface area contributed by atoms with Crippen LogP contribution in [0.5, 0.6) is 5.75 Å². The third kappa shape index (κ3) is 3.55. The topological polar surface area (TPSA) is 26.3 Å². The number of carbonyl (C=O) groups excluding carboxylic acids is 1. The maximum atomic E-state index is 13.0. The summed E-state index contributed by atoms with van der Waals surface area (Å²) in [7, 11) is 0. The van der Waals surface area contributed by atoms with Gasteiger partial charge in [-0.3, -0.25) is 4.79 Å². The fraction of sp³-hybridized carbons (Fsp3) is 0.632. The van der Waals surface area contributed by atoms with Gasteiger partial charge in [-0.1, -0.05) is 12.1 Å². The largest absolute Gasteiger partial charge is 0.573 e. The van der Waals surface area contributed by atoms with Gasteiger partial charge < -0.3 is 4.74 Å². The van der Waals surface area contributed by atoms with Gasteiger partial charge in [0.1, 0.15) is 11.5 Å². The highest BCUT2D eigenvalue weighted by atomic mass is 32.2. The molecule has 0 aromatic heterocycles. The predicted octanol–water partition coefficient (Wildman–Crippen LogP) is 5.46. The van der Waals surface area contributed by atoms with E-state index in [9.17, 15) is 18.0 Å². The number of hydrogen-bond acceptors (Lipinski definition) is 3. The lowest BCUT2D eigenvalue weighted by Gasteiger charge is -2.56. The number of benzene rings is 1. The highest BCUT2D eigenvalue weighted by Crippen LogP contribution is 2.60. The van der Waals surface area contributed by atoms with Crippen molar-refractivity contribution in [3.05, 3.63) is 24.3 Å². The van der Waals surface area contributed by atoms with Crippen LogP contribution in [-0.2, 0) is 4.79 Å². The van der Waals surface area contributed by atoms with Crippen molar-refractivity contribution in [3.8, 4) is 5.75 Å². The standard InChI is InChI=1S/C19H21F3O2S/c20-19(21,22)24-15-3-1-2-4-16(15)25-11-17(23)18-8-12-5-13(9-18)7-14(6-12)10-18/h1-4,12-14H,5-11H2. The van der Waals surface area contributed by atoms with Gasteiger partial charge in [-0.05, 0) is 68.4 Å². The van der Waals surface area contributed by atoms with Crippen LogP contribution in [0.3, 0.4) is 0 Å². The minimum absolute atomic E-state index is 0.207. The Hall–Kier alpha value is -1.17. The van der Waals surface area contributed by atoms with Gasteiger partial charge in [0.05, 0.1) is 10.6 Å². The molecule has 136 valence electrons. The molecule has 0 N–H and O–H groups in total. The lowest BCUT2D eigenvalue weighted by molar-refractivity contribution is -0.275.